The first kappa shape index (κ1) is 16.0. The Kier molecular flexibility index (Phi) is 5.82. The van der Waals surface area contributed by atoms with E-state index >= 15 is 0 Å². The molecule has 0 saturated heterocycles. The highest BCUT2D eigenvalue weighted by molar-refractivity contribution is 9.10. The highest BCUT2D eigenvalue weighted by Crippen LogP contribution is 2.14. The molecular formula is C16H17BrF2N2. The fraction of sp³-hybridized carbons (Fsp3) is 0.312. The zero-order valence-electron chi connectivity index (χ0n) is 11.7. The first-order valence-corrected chi connectivity index (χ1v) is 7.65. The lowest BCUT2D eigenvalue weighted by molar-refractivity contribution is 0.498. The van der Waals surface area contributed by atoms with Crippen LogP contribution in [0.3, 0.4) is 0 Å². The summed E-state index contributed by atoms with van der Waals surface area (Å²) in [6.07, 6.45) is 2.94. The smallest absolute Gasteiger partial charge is 0.129 e. The quantitative estimate of drug-likeness (QED) is 0.851. The average molecular weight is 355 g/mol. The number of hydrogen-bond donors (Lipinski definition) is 1. The molecule has 0 radical (unpaired) electrons. The lowest BCUT2D eigenvalue weighted by Crippen LogP contribution is -2.33. The molecule has 1 N–H and O–H groups in total. The number of nitrogens with zero attached hydrogens (tertiary/aromatic N) is 1. The zero-order valence-corrected chi connectivity index (χ0v) is 13.3. The van der Waals surface area contributed by atoms with E-state index in [4.69, 9.17) is 0 Å². The fourth-order valence-corrected chi connectivity index (χ4v) is 2.47. The van der Waals surface area contributed by atoms with Gasteiger partial charge >= 0.3 is 0 Å². The van der Waals surface area contributed by atoms with Gasteiger partial charge in [-0.05, 0) is 52.7 Å². The Labute approximate surface area is 131 Å². The van der Waals surface area contributed by atoms with Gasteiger partial charge in [0.25, 0.3) is 0 Å². The lowest BCUT2D eigenvalue weighted by Gasteiger charge is -2.18. The van der Waals surface area contributed by atoms with E-state index in [2.05, 4.69) is 26.2 Å². The maximum absolute atomic E-state index is 13.8. The molecule has 1 aromatic carbocycles. The second-order valence-electron chi connectivity index (χ2n) is 4.87. The predicted octanol–water partition coefficient (Wildman–Crippen LogP) is 3.89. The molecule has 0 saturated carbocycles. The summed E-state index contributed by atoms with van der Waals surface area (Å²) in [5.41, 5.74) is 1.45. The van der Waals surface area contributed by atoms with E-state index in [0.29, 0.717) is 18.4 Å². The maximum Gasteiger partial charge on any atom is 0.129 e. The van der Waals surface area contributed by atoms with Crippen LogP contribution in [0.15, 0.2) is 41.0 Å². The molecule has 2 nitrogen and oxygen atoms in total. The van der Waals surface area contributed by atoms with Crippen LogP contribution in [0.1, 0.15) is 18.2 Å². The van der Waals surface area contributed by atoms with Crippen molar-refractivity contribution in [2.24, 2.45) is 0 Å². The predicted molar refractivity (Wildman–Crippen MR) is 83.2 cm³/mol. The molecule has 112 valence electrons. The van der Waals surface area contributed by atoms with Crippen LogP contribution in [-0.2, 0) is 12.8 Å². The van der Waals surface area contributed by atoms with E-state index in [9.17, 15) is 8.78 Å². The molecule has 0 bridgehead atoms. The van der Waals surface area contributed by atoms with Crippen molar-refractivity contribution in [3.63, 3.8) is 0 Å². The van der Waals surface area contributed by atoms with Crippen molar-refractivity contribution in [1.29, 1.82) is 0 Å². The number of aromatic nitrogens is 1. The summed E-state index contributed by atoms with van der Waals surface area (Å²) < 4.78 is 27.6. The van der Waals surface area contributed by atoms with E-state index in [0.717, 1.165) is 22.8 Å². The van der Waals surface area contributed by atoms with Gasteiger partial charge in [0.05, 0.1) is 0 Å². The molecule has 1 unspecified atom stereocenters. The minimum Gasteiger partial charge on any atom is -0.314 e. The van der Waals surface area contributed by atoms with Crippen LogP contribution in [0, 0.1) is 11.6 Å². The van der Waals surface area contributed by atoms with Gasteiger partial charge in [0.15, 0.2) is 0 Å². The van der Waals surface area contributed by atoms with Gasteiger partial charge in [-0.3, -0.25) is 4.98 Å². The lowest BCUT2D eigenvalue weighted by atomic mass is 10.0. The van der Waals surface area contributed by atoms with Gasteiger partial charge in [-0.1, -0.05) is 13.0 Å². The fourth-order valence-electron chi connectivity index (χ4n) is 2.24. The van der Waals surface area contributed by atoms with Crippen LogP contribution in [0.2, 0.25) is 0 Å². The standard InChI is InChI=1S/C16H17BrF2N2/c1-2-20-15(9-14-6-4-12(17)10-21-14)7-11-3-5-13(18)8-16(11)19/h3-6,8,10,15,20H,2,7,9H2,1H3. The SMILES string of the molecule is CCNC(Cc1ccc(Br)cn1)Cc1ccc(F)cc1F. The Balaban J connectivity index is 2.09. The van der Waals surface area contributed by atoms with Crippen molar-refractivity contribution < 1.29 is 8.78 Å². The monoisotopic (exact) mass is 354 g/mol. The van der Waals surface area contributed by atoms with Crippen LogP contribution in [-0.4, -0.2) is 17.6 Å². The molecule has 2 rings (SSSR count). The highest BCUT2D eigenvalue weighted by Gasteiger charge is 2.13. The van der Waals surface area contributed by atoms with Crippen molar-refractivity contribution in [1.82, 2.24) is 10.3 Å². The van der Waals surface area contributed by atoms with Gasteiger partial charge in [0.1, 0.15) is 11.6 Å². The Morgan fingerprint density at radius 3 is 2.62 bits per heavy atom. The molecule has 0 aliphatic rings. The highest BCUT2D eigenvalue weighted by atomic mass is 79.9. The third-order valence-electron chi connectivity index (χ3n) is 3.22. The third kappa shape index (κ3) is 4.86. The largest absolute Gasteiger partial charge is 0.314 e. The van der Waals surface area contributed by atoms with Gasteiger partial charge in [0, 0.05) is 34.9 Å². The van der Waals surface area contributed by atoms with Gasteiger partial charge in [-0.15, -0.1) is 0 Å². The molecule has 2 aromatic rings. The molecule has 21 heavy (non-hydrogen) atoms. The average Bonchev–Trinajstić information content (AvgIpc) is 2.44. The summed E-state index contributed by atoms with van der Waals surface area (Å²) in [5.74, 6) is -1.05. The number of likely N-dealkylation sites (N-methyl/N-ethyl adjacent to an activating group) is 1. The van der Waals surface area contributed by atoms with Crippen LogP contribution in [0.25, 0.3) is 0 Å². The molecule has 1 atom stereocenters. The van der Waals surface area contributed by atoms with Gasteiger partial charge < -0.3 is 5.32 Å². The number of benzene rings is 1. The van der Waals surface area contributed by atoms with E-state index in [1.165, 1.54) is 12.1 Å². The molecule has 0 aliphatic heterocycles. The normalized spacial score (nSPS) is 12.4. The number of hydrogen-bond acceptors (Lipinski definition) is 2. The van der Waals surface area contributed by atoms with Gasteiger partial charge in [0.2, 0.25) is 0 Å². The molecule has 0 amide bonds. The minimum absolute atomic E-state index is 0.0589. The topological polar surface area (TPSA) is 24.9 Å². The summed E-state index contributed by atoms with van der Waals surface area (Å²) in [6.45, 7) is 2.78. The first-order valence-electron chi connectivity index (χ1n) is 6.86. The van der Waals surface area contributed by atoms with Gasteiger partial charge in [-0.2, -0.15) is 0 Å². The van der Waals surface area contributed by atoms with Crippen LogP contribution >= 0.6 is 15.9 Å². The first-order chi connectivity index (χ1) is 10.1. The summed E-state index contributed by atoms with van der Waals surface area (Å²) in [6, 6.07) is 7.65. The van der Waals surface area contributed by atoms with Crippen LogP contribution < -0.4 is 5.32 Å². The van der Waals surface area contributed by atoms with Crippen LogP contribution in [0.4, 0.5) is 8.78 Å². The van der Waals surface area contributed by atoms with E-state index in [1.807, 2.05) is 19.1 Å². The van der Waals surface area contributed by atoms with E-state index < -0.39 is 11.6 Å². The number of rotatable bonds is 6. The number of halogens is 3. The molecule has 0 spiro atoms. The van der Waals surface area contributed by atoms with Crippen molar-refractivity contribution >= 4 is 15.9 Å². The molecular weight excluding hydrogens is 338 g/mol. The number of pyridine rings is 1. The molecule has 0 aliphatic carbocycles. The van der Waals surface area contributed by atoms with Crippen molar-refractivity contribution in [2.75, 3.05) is 6.54 Å². The van der Waals surface area contributed by atoms with E-state index in [1.54, 1.807) is 6.20 Å². The molecule has 0 fully saturated rings. The number of nitrogens with one attached hydrogen (secondary N) is 1. The molecule has 1 heterocycles. The summed E-state index contributed by atoms with van der Waals surface area (Å²) in [4.78, 5) is 4.34. The molecule has 5 heteroatoms. The second kappa shape index (κ2) is 7.61. The zero-order chi connectivity index (χ0) is 15.2. The van der Waals surface area contributed by atoms with E-state index in [-0.39, 0.29) is 6.04 Å². The molecule has 1 aromatic heterocycles. The van der Waals surface area contributed by atoms with Gasteiger partial charge in [-0.25, -0.2) is 8.78 Å². The van der Waals surface area contributed by atoms with Crippen molar-refractivity contribution in [2.45, 2.75) is 25.8 Å². The maximum atomic E-state index is 13.8. The Hall–Kier alpha value is -1.33. The van der Waals surface area contributed by atoms with Crippen LogP contribution in [0.5, 0.6) is 0 Å². The summed E-state index contributed by atoms with van der Waals surface area (Å²) in [5, 5.41) is 3.32. The van der Waals surface area contributed by atoms with Crippen molar-refractivity contribution in [3.8, 4) is 0 Å². The van der Waals surface area contributed by atoms with Crippen molar-refractivity contribution in [3.05, 3.63) is 63.9 Å². The third-order valence-corrected chi connectivity index (χ3v) is 3.69. The Morgan fingerprint density at radius 1 is 1.19 bits per heavy atom. The second-order valence-corrected chi connectivity index (χ2v) is 5.78. The Bertz CT molecular complexity index is 587. The summed E-state index contributed by atoms with van der Waals surface area (Å²) >= 11 is 3.35. The minimum atomic E-state index is -0.550. The Morgan fingerprint density at radius 2 is 2.00 bits per heavy atom. The summed E-state index contributed by atoms with van der Waals surface area (Å²) in [7, 11) is 0.